The van der Waals surface area contributed by atoms with Crippen LogP contribution in [-0.4, -0.2) is 9.38 Å². The lowest BCUT2D eigenvalue weighted by molar-refractivity contribution is 1.28. The van der Waals surface area contributed by atoms with Gasteiger partial charge in [-0.15, -0.1) is 0 Å². The first-order valence-corrected chi connectivity index (χ1v) is 6.55. The minimum atomic E-state index is 0.566. The van der Waals surface area contributed by atoms with E-state index in [0.717, 1.165) is 21.9 Å². The van der Waals surface area contributed by atoms with E-state index in [1.807, 2.05) is 52.9 Å². The third-order valence-electron chi connectivity index (χ3n) is 3.46. The number of para-hydroxylation sites is 1. The number of rotatable bonds is 0. The van der Waals surface area contributed by atoms with Crippen LogP contribution < -0.4 is 0 Å². The van der Waals surface area contributed by atoms with E-state index in [-0.39, 0.29) is 0 Å². The van der Waals surface area contributed by atoms with Gasteiger partial charge in [-0.3, -0.25) is 4.40 Å². The minimum Gasteiger partial charge on any atom is -0.291 e. The highest BCUT2D eigenvalue weighted by Gasteiger charge is 2.12. The largest absolute Gasteiger partial charge is 0.291 e. The van der Waals surface area contributed by atoms with Crippen LogP contribution in [0, 0.1) is 11.3 Å². The molecule has 4 rings (SSSR count). The molecule has 4 aromatic rings. The third kappa shape index (κ3) is 1.43. The summed E-state index contributed by atoms with van der Waals surface area (Å²) in [7, 11) is 0. The molecule has 0 aliphatic carbocycles. The second-order valence-electron chi connectivity index (χ2n) is 4.63. The molecule has 0 bridgehead atoms. The van der Waals surface area contributed by atoms with Gasteiger partial charge in [-0.1, -0.05) is 29.8 Å². The van der Waals surface area contributed by atoms with Gasteiger partial charge in [0.05, 0.1) is 22.1 Å². The summed E-state index contributed by atoms with van der Waals surface area (Å²) in [5.74, 6) is 0. The van der Waals surface area contributed by atoms with Gasteiger partial charge in [0.25, 0.3) is 0 Å². The first-order chi connectivity index (χ1) is 9.78. The summed E-state index contributed by atoms with van der Waals surface area (Å²) in [4.78, 5) is 4.55. The average molecular weight is 278 g/mol. The van der Waals surface area contributed by atoms with E-state index < -0.39 is 0 Å². The molecule has 0 spiro atoms. The maximum atomic E-state index is 9.35. The molecule has 0 amide bonds. The summed E-state index contributed by atoms with van der Waals surface area (Å²) in [5.41, 5.74) is 4.02. The van der Waals surface area contributed by atoms with Crippen LogP contribution in [0.4, 0.5) is 0 Å². The highest BCUT2D eigenvalue weighted by Crippen LogP contribution is 2.27. The van der Waals surface area contributed by atoms with E-state index in [4.69, 9.17) is 11.6 Å². The van der Waals surface area contributed by atoms with E-state index in [1.54, 1.807) is 0 Å². The monoisotopic (exact) mass is 277 g/mol. The molecule has 0 fully saturated rings. The number of hydrogen-bond donors (Lipinski definition) is 0. The highest BCUT2D eigenvalue weighted by molar-refractivity contribution is 6.31. The molecule has 2 heterocycles. The summed E-state index contributed by atoms with van der Waals surface area (Å²) in [6.07, 6.45) is 0. The molecule has 0 N–H and O–H groups in total. The number of aromatic nitrogens is 2. The topological polar surface area (TPSA) is 41.1 Å². The van der Waals surface area contributed by atoms with Gasteiger partial charge in [0.1, 0.15) is 6.07 Å². The van der Waals surface area contributed by atoms with Crippen molar-refractivity contribution in [3.05, 3.63) is 59.1 Å². The number of hydrogen-bond acceptors (Lipinski definition) is 2. The Morgan fingerprint density at radius 1 is 1.05 bits per heavy atom. The Bertz CT molecular complexity index is 1020. The zero-order valence-electron chi connectivity index (χ0n) is 10.3. The SMILES string of the molecule is N#Cc1cc2ccccc2n2c1nc1cc(Cl)ccc12. The molecule has 20 heavy (non-hydrogen) atoms. The van der Waals surface area contributed by atoms with Crippen molar-refractivity contribution >= 4 is 39.2 Å². The van der Waals surface area contributed by atoms with Crippen LogP contribution in [0.2, 0.25) is 5.02 Å². The van der Waals surface area contributed by atoms with Crippen LogP contribution >= 0.6 is 11.6 Å². The summed E-state index contributed by atoms with van der Waals surface area (Å²) in [6, 6.07) is 17.7. The van der Waals surface area contributed by atoms with Gasteiger partial charge >= 0.3 is 0 Å². The maximum Gasteiger partial charge on any atom is 0.156 e. The van der Waals surface area contributed by atoms with Gasteiger partial charge in [0.15, 0.2) is 5.65 Å². The zero-order valence-corrected chi connectivity index (χ0v) is 11.1. The van der Waals surface area contributed by atoms with E-state index in [2.05, 4.69) is 11.1 Å². The number of fused-ring (bicyclic) bond motifs is 5. The predicted octanol–water partition coefficient (Wildman–Crippen LogP) is 4.17. The van der Waals surface area contributed by atoms with Crippen molar-refractivity contribution in [2.75, 3.05) is 0 Å². The Morgan fingerprint density at radius 3 is 2.75 bits per heavy atom. The minimum absolute atomic E-state index is 0.566. The van der Waals surface area contributed by atoms with Crippen molar-refractivity contribution in [3.8, 4) is 6.07 Å². The lowest BCUT2D eigenvalue weighted by Crippen LogP contribution is -1.91. The van der Waals surface area contributed by atoms with Gasteiger partial charge in [0, 0.05) is 10.4 Å². The maximum absolute atomic E-state index is 9.35. The van der Waals surface area contributed by atoms with Crippen molar-refractivity contribution in [2.45, 2.75) is 0 Å². The fourth-order valence-electron chi connectivity index (χ4n) is 2.59. The van der Waals surface area contributed by atoms with Crippen molar-refractivity contribution in [2.24, 2.45) is 0 Å². The molecule has 2 aromatic carbocycles. The highest BCUT2D eigenvalue weighted by atomic mass is 35.5. The van der Waals surface area contributed by atoms with Gasteiger partial charge in [-0.25, -0.2) is 4.98 Å². The molecular weight excluding hydrogens is 270 g/mol. The average Bonchev–Trinajstić information content (AvgIpc) is 2.84. The second kappa shape index (κ2) is 3.96. The molecule has 0 aliphatic heterocycles. The summed E-state index contributed by atoms with van der Waals surface area (Å²) < 4.78 is 2.01. The fourth-order valence-corrected chi connectivity index (χ4v) is 2.76. The second-order valence-corrected chi connectivity index (χ2v) is 5.07. The van der Waals surface area contributed by atoms with Crippen LogP contribution in [0.1, 0.15) is 5.56 Å². The Morgan fingerprint density at radius 2 is 1.90 bits per heavy atom. The molecule has 94 valence electrons. The summed E-state index contributed by atoms with van der Waals surface area (Å²) in [5, 5.41) is 11.0. The molecule has 0 unspecified atom stereocenters. The van der Waals surface area contributed by atoms with Gasteiger partial charge < -0.3 is 0 Å². The Balaban J connectivity index is 2.37. The van der Waals surface area contributed by atoms with E-state index >= 15 is 0 Å². The van der Waals surface area contributed by atoms with Gasteiger partial charge in [-0.2, -0.15) is 5.26 Å². The number of halogens is 1. The van der Waals surface area contributed by atoms with Crippen molar-refractivity contribution in [1.29, 1.82) is 5.26 Å². The quantitative estimate of drug-likeness (QED) is 0.484. The molecule has 0 saturated heterocycles. The van der Waals surface area contributed by atoms with Crippen LogP contribution in [0.25, 0.3) is 27.6 Å². The molecule has 0 saturated carbocycles. The van der Waals surface area contributed by atoms with E-state index in [0.29, 0.717) is 16.2 Å². The summed E-state index contributed by atoms with van der Waals surface area (Å²) >= 11 is 6.02. The van der Waals surface area contributed by atoms with Crippen LogP contribution in [0.5, 0.6) is 0 Å². The normalized spacial score (nSPS) is 11.2. The first-order valence-electron chi connectivity index (χ1n) is 6.17. The predicted molar refractivity (Wildman–Crippen MR) is 79.9 cm³/mol. The standard InChI is InChI=1S/C16H8ClN3/c17-12-5-6-15-13(8-12)19-16-11(9-18)7-10-3-1-2-4-14(10)20(15)16/h1-8H. The lowest BCUT2D eigenvalue weighted by Gasteiger charge is -2.04. The molecule has 0 atom stereocenters. The van der Waals surface area contributed by atoms with Crippen LogP contribution in [-0.2, 0) is 0 Å². The molecular formula is C16H8ClN3. The first kappa shape index (κ1) is 11.3. The summed E-state index contributed by atoms with van der Waals surface area (Å²) in [6.45, 7) is 0. The number of nitrogens with zero attached hydrogens (tertiary/aromatic N) is 3. The van der Waals surface area contributed by atoms with Gasteiger partial charge in [-0.05, 0) is 30.3 Å². The number of benzene rings is 2. The molecule has 0 aliphatic rings. The van der Waals surface area contributed by atoms with Crippen LogP contribution in [0.15, 0.2) is 48.5 Å². The Labute approximate surface area is 119 Å². The molecule has 3 nitrogen and oxygen atoms in total. The van der Waals surface area contributed by atoms with E-state index in [9.17, 15) is 5.26 Å². The molecule has 4 heteroatoms. The van der Waals surface area contributed by atoms with Crippen molar-refractivity contribution in [1.82, 2.24) is 9.38 Å². The van der Waals surface area contributed by atoms with Crippen LogP contribution in [0.3, 0.4) is 0 Å². The molecule has 2 aromatic heterocycles. The number of nitriles is 1. The fraction of sp³-hybridized carbons (Fsp3) is 0. The Kier molecular flexibility index (Phi) is 2.23. The zero-order chi connectivity index (χ0) is 13.7. The number of imidazole rings is 1. The van der Waals surface area contributed by atoms with Gasteiger partial charge in [0.2, 0.25) is 0 Å². The van der Waals surface area contributed by atoms with Crippen molar-refractivity contribution < 1.29 is 0 Å². The third-order valence-corrected chi connectivity index (χ3v) is 3.69. The molecule has 0 radical (unpaired) electrons. The lowest BCUT2D eigenvalue weighted by atomic mass is 10.1. The Hall–Kier alpha value is -2.57. The van der Waals surface area contributed by atoms with E-state index in [1.165, 1.54) is 0 Å². The smallest absolute Gasteiger partial charge is 0.156 e. The van der Waals surface area contributed by atoms with Crippen molar-refractivity contribution in [3.63, 3.8) is 0 Å². The number of pyridine rings is 1.